The summed E-state index contributed by atoms with van der Waals surface area (Å²) in [5.41, 5.74) is 3.01. The second-order valence-corrected chi connectivity index (χ2v) is 20.9. The molecule has 4 fully saturated rings. The van der Waals surface area contributed by atoms with E-state index in [-0.39, 0.29) is 0 Å². The molecule has 46 heavy (non-hydrogen) atoms. The quantitative estimate of drug-likeness (QED) is 0.169. The molecule has 0 heteroatoms. The first-order valence-corrected chi connectivity index (χ1v) is 20.6. The molecular formula is C46H78. The molecule has 10 atom stereocenters. The molecule has 0 saturated heterocycles. The van der Waals surface area contributed by atoms with Crippen LogP contribution in [0.1, 0.15) is 172 Å². The van der Waals surface area contributed by atoms with Gasteiger partial charge in [0.15, 0.2) is 0 Å². The smallest absolute Gasteiger partial charge is 0.0266 e. The summed E-state index contributed by atoms with van der Waals surface area (Å²) >= 11 is 0. The van der Waals surface area contributed by atoms with E-state index in [4.69, 9.17) is 0 Å². The fraction of sp³-hybridized carbons (Fsp3) is 0.870. The topological polar surface area (TPSA) is 0 Å². The lowest BCUT2D eigenvalue weighted by molar-refractivity contribution is -0.128. The van der Waals surface area contributed by atoms with Crippen LogP contribution in [0.25, 0.3) is 0 Å². The highest BCUT2D eigenvalue weighted by atomic mass is 14.7. The van der Waals surface area contributed by atoms with Crippen molar-refractivity contribution in [3.8, 4) is 0 Å². The number of hydrogen-bond acceptors (Lipinski definition) is 0. The molecule has 0 radical (unpaired) electrons. The summed E-state index contributed by atoms with van der Waals surface area (Å²) in [6.45, 7) is 29.1. The van der Waals surface area contributed by atoms with Crippen molar-refractivity contribution in [3.63, 3.8) is 0 Å². The summed E-state index contributed by atoms with van der Waals surface area (Å²) < 4.78 is 0. The van der Waals surface area contributed by atoms with Crippen molar-refractivity contribution >= 4 is 0 Å². The Bertz CT molecular complexity index is 1080. The van der Waals surface area contributed by atoms with Gasteiger partial charge in [-0.1, -0.05) is 164 Å². The molecule has 5 rings (SSSR count). The van der Waals surface area contributed by atoms with Gasteiger partial charge in [-0.05, 0) is 125 Å². The Hall–Kier alpha value is -0.780. The van der Waals surface area contributed by atoms with E-state index >= 15 is 0 Å². The second-order valence-electron chi connectivity index (χ2n) is 20.9. The van der Waals surface area contributed by atoms with Crippen LogP contribution < -0.4 is 0 Å². The van der Waals surface area contributed by atoms with Crippen molar-refractivity contribution in [2.24, 2.45) is 80.8 Å². The lowest BCUT2D eigenvalue weighted by Crippen LogP contribution is -2.55. The maximum absolute atomic E-state index is 2.79. The predicted molar refractivity (Wildman–Crippen MR) is 202 cm³/mol. The minimum atomic E-state index is 0.344. The van der Waals surface area contributed by atoms with E-state index in [0.29, 0.717) is 21.7 Å². The molecule has 0 N–H and O–H groups in total. The SMILES string of the molecule is CCCCCCCCCCC1C[C@H]2C[C@@H]1C(C(C)(C)C(C)(C)C1C(C(C)(C)C)[C@H]3C[C@@H]1CC3CCc1ccccc1)C2C(C)(C)C. The molecule has 0 aliphatic heterocycles. The fourth-order valence-electron chi connectivity index (χ4n) is 13.5. The fourth-order valence-corrected chi connectivity index (χ4v) is 13.5. The highest BCUT2D eigenvalue weighted by Crippen LogP contribution is 2.73. The van der Waals surface area contributed by atoms with Gasteiger partial charge in [0, 0.05) is 0 Å². The second kappa shape index (κ2) is 14.2. The van der Waals surface area contributed by atoms with E-state index in [1.807, 2.05) is 0 Å². The third-order valence-electron chi connectivity index (χ3n) is 15.7. The van der Waals surface area contributed by atoms with Crippen LogP contribution in [0.5, 0.6) is 0 Å². The summed E-state index contributed by atoms with van der Waals surface area (Å²) in [5.74, 6) is 9.12. The van der Waals surface area contributed by atoms with Gasteiger partial charge in [-0.15, -0.1) is 0 Å². The average Bonchev–Trinajstić information content (AvgIpc) is 3.76. The minimum Gasteiger partial charge on any atom is -0.0654 e. The third-order valence-corrected chi connectivity index (χ3v) is 15.7. The molecule has 4 bridgehead atoms. The minimum absolute atomic E-state index is 0.344. The zero-order chi connectivity index (χ0) is 33.5. The molecule has 0 spiro atoms. The Labute approximate surface area is 288 Å². The molecular weight excluding hydrogens is 553 g/mol. The average molecular weight is 631 g/mol. The summed E-state index contributed by atoms with van der Waals surface area (Å²) in [7, 11) is 0. The van der Waals surface area contributed by atoms with Gasteiger partial charge in [-0.2, -0.15) is 0 Å². The molecule has 0 nitrogen and oxygen atoms in total. The molecule has 4 aliphatic carbocycles. The monoisotopic (exact) mass is 631 g/mol. The van der Waals surface area contributed by atoms with Crippen LogP contribution in [-0.4, -0.2) is 0 Å². The van der Waals surface area contributed by atoms with Gasteiger partial charge < -0.3 is 0 Å². The number of rotatable bonds is 15. The standard InChI is InChI=1S/C46H78/c1-12-13-14-15-16-17-18-22-25-33-28-35-30-38(33)42(39(35)43(2,3)4)46(10,11)45(8,9)40-36-29-34(27-26-32-23-20-19-21-24-32)37(31-36)41(40)44(5,6)7/h19-21,23-24,33-42H,12-18,22,25-31H2,1-11H3/t33?,34?,35-,36-,37-,38-,39?,40?,41?,42?/m0/s1. The lowest BCUT2D eigenvalue weighted by atomic mass is 9.44. The molecule has 0 heterocycles. The van der Waals surface area contributed by atoms with E-state index in [2.05, 4.69) is 106 Å². The number of unbranched alkanes of at least 4 members (excludes halogenated alkanes) is 7. The van der Waals surface area contributed by atoms with Crippen LogP contribution in [0.15, 0.2) is 30.3 Å². The Morgan fingerprint density at radius 1 is 0.500 bits per heavy atom. The zero-order valence-electron chi connectivity index (χ0n) is 32.8. The van der Waals surface area contributed by atoms with Gasteiger partial charge in [0.1, 0.15) is 0 Å². The summed E-state index contributed by atoms with van der Waals surface area (Å²) in [4.78, 5) is 0. The third kappa shape index (κ3) is 7.23. The van der Waals surface area contributed by atoms with Crippen LogP contribution >= 0.6 is 0 Å². The van der Waals surface area contributed by atoms with Crippen LogP contribution in [0.3, 0.4) is 0 Å². The molecule has 1 aromatic carbocycles. The number of fused-ring (bicyclic) bond motifs is 4. The maximum atomic E-state index is 2.79. The number of aryl methyl sites for hydroxylation is 1. The number of benzene rings is 1. The predicted octanol–water partition coefficient (Wildman–Crippen LogP) is 14.1. The molecule has 4 saturated carbocycles. The normalized spacial score (nSPS) is 34.6. The Balaban J connectivity index is 1.32. The summed E-state index contributed by atoms with van der Waals surface area (Å²) in [6.07, 6.45) is 21.9. The van der Waals surface area contributed by atoms with E-state index in [1.165, 1.54) is 96.3 Å². The Morgan fingerprint density at radius 2 is 0.978 bits per heavy atom. The lowest BCUT2D eigenvalue weighted by Gasteiger charge is -2.61. The highest BCUT2D eigenvalue weighted by Gasteiger charge is 2.67. The first-order valence-electron chi connectivity index (χ1n) is 20.6. The Morgan fingerprint density at radius 3 is 1.54 bits per heavy atom. The van der Waals surface area contributed by atoms with Crippen molar-refractivity contribution in [3.05, 3.63) is 35.9 Å². The van der Waals surface area contributed by atoms with Gasteiger partial charge in [0.05, 0.1) is 0 Å². The maximum Gasteiger partial charge on any atom is -0.0266 e. The molecule has 6 unspecified atom stereocenters. The molecule has 0 amide bonds. The van der Waals surface area contributed by atoms with Gasteiger partial charge in [0.2, 0.25) is 0 Å². The van der Waals surface area contributed by atoms with Crippen molar-refractivity contribution in [1.29, 1.82) is 0 Å². The highest BCUT2D eigenvalue weighted by molar-refractivity contribution is 5.17. The van der Waals surface area contributed by atoms with Gasteiger partial charge in [-0.3, -0.25) is 0 Å². The van der Waals surface area contributed by atoms with Crippen LogP contribution in [0.4, 0.5) is 0 Å². The van der Waals surface area contributed by atoms with Crippen LogP contribution in [-0.2, 0) is 6.42 Å². The van der Waals surface area contributed by atoms with Gasteiger partial charge in [0.25, 0.3) is 0 Å². The summed E-state index contributed by atoms with van der Waals surface area (Å²) in [5, 5.41) is 0. The van der Waals surface area contributed by atoms with Crippen LogP contribution in [0, 0.1) is 80.8 Å². The van der Waals surface area contributed by atoms with Crippen LogP contribution in [0.2, 0.25) is 0 Å². The van der Waals surface area contributed by atoms with E-state index < -0.39 is 0 Å². The first-order chi connectivity index (χ1) is 21.6. The molecule has 1 aromatic rings. The molecule has 0 aromatic heterocycles. The van der Waals surface area contributed by atoms with Crippen molar-refractivity contribution in [2.45, 2.75) is 172 Å². The van der Waals surface area contributed by atoms with Crippen molar-refractivity contribution in [2.75, 3.05) is 0 Å². The van der Waals surface area contributed by atoms with Gasteiger partial charge in [-0.25, -0.2) is 0 Å². The Kier molecular flexibility index (Phi) is 11.3. The molecule has 4 aliphatic rings. The number of hydrogen-bond donors (Lipinski definition) is 0. The van der Waals surface area contributed by atoms with Gasteiger partial charge >= 0.3 is 0 Å². The zero-order valence-corrected chi connectivity index (χ0v) is 32.8. The van der Waals surface area contributed by atoms with Crippen molar-refractivity contribution in [1.82, 2.24) is 0 Å². The van der Waals surface area contributed by atoms with E-state index in [0.717, 1.165) is 59.2 Å². The summed E-state index contributed by atoms with van der Waals surface area (Å²) in [6, 6.07) is 11.3. The first kappa shape index (κ1) is 36.5. The molecule has 262 valence electrons. The van der Waals surface area contributed by atoms with E-state index in [9.17, 15) is 0 Å². The van der Waals surface area contributed by atoms with Crippen molar-refractivity contribution < 1.29 is 0 Å². The largest absolute Gasteiger partial charge is 0.0654 e. The van der Waals surface area contributed by atoms with E-state index in [1.54, 1.807) is 5.56 Å².